The number of amides is 2. The minimum absolute atomic E-state index is 0.0576. The van der Waals surface area contributed by atoms with Crippen LogP contribution in [0, 0.1) is 12.8 Å². The van der Waals surface area contributed by atoms with Gasteiger partial charge in [0.05, 0.1) is 5.01 Å². The molecule has 1 saturated carbocycles. The molecule has 6 heteroatoms. The molecule has 2 aromatic carbocycles. The average Bonchev–Trinajstić information content (AvgIpc) is 3.34. The molecule has 5 nitrogen and oxygen atoms in total. The van der Waals surface area contributed by atoms with Gasteiger partial charge in [-0.3, -0.25) is 9.59 Å². The van der Waals surface area contributed by atoms with Crippen LogP contribution < -0.4 is 10.6 Å². The molecular weight excluding hydrogens is 430 g/mol. The van der Waals surface area contributed by atoms with Gasteiger partial charge in [-0.25, -0.2) is 4.98 Å². The molecule has 4 rings (SSSR count). The molecule has 0 bridgehead atoms. The van der Waals surface area contributed by atoms with Crippen molar-refractivity contribution in [3.05, 3.63) is 82.8 Å². The fourth-order valence-electron chi connectivity index (χ4n) is 4.26. The zero-order valence-corrected chi connectivity index (χ0v) is 19.7. The Morgan fingerprint density at radius 2 is 1.82 bits per heavy atom. The van der Waals surface area contributed by atoms with E-state index in [1.54, 1.807) is 6.08 Å². The van der Waals surface area contributed by atoms with Crippen molar-refractivity contribution in [1.82, 2.24) is 10.3 Å². The van der Waals surface area contributed by atoms with Gasteiger partial charge in [-0.2, -0.15) is 0 Å². The van der Waals surface area contributed by atoms with Gasteiger partial charge >= 0.3 is 0 Å². The van der Waals surface area contributed by atoms with Crippen LogP contribution in [0.25, 0.3) is 11.1 Å². The molecule has 33 heavy (non-hydrogen) atoms. The second-order valence-electron chi connectivity index (χ2n) is 8.52. The Balaban J connectivity index is 1.40. The van der Waals surface area contributed by atoms with E-state index in [1.807, 2.05) is 29.6 Å². The van der Waals surface area contributed by atoms with Gasteiger partial charge in [0.2, 0.25) is 5.91 Å². The number of para-hydroxylation sites is 1. The number of aryl methyl sites for hydroxylation is 1. The summed E-state index contributed by atoms with van der Waals surface area (Å²) in [7, 11) is 0. The lowest BCUT2D eigenvalue weighted by Crippen LogP contribution is -2.32. The van der Waals surface area contributed by atoms with E-state index < -0.39 is 0 Å². The summed E-state index contributed by atoms with van der Waals surface area (Å²) in [6.45, 7) is 6.21. The van der Waals surface area contributed by atoms with Crippen molar-refractivity contribution >= 4 is 28.8 Å². The SMILES string of the molecule is C=CCNC(=O)C1CCC(c2nc(C(=O)Nc3ccccc3-c3ccc(C)cc3)cs2)CC1. The van der Waals surface area contributed by atoms with E-state index in [-0.39, 0.29) is 17.7 Å². The number of benzene rings is 2. The third-order valence-electron chi connectivity index (χ3n) is 6.16. The Morgan fingerprint density at radius 1 is 1.09 bits per heavy atom. The van der Waals surface area contributed by atoms with Crippen LogP contribution >= 0.6 is 11.3 Å². The number of rotatable bonds is 7. The highest BCUT2D eigenvalue weighted by Gasteiger charge is 2.28. The van der Waals surface area contributed by atoms with Crippen molar-refractivity contribution < 1.29 is 9.59 Å². The summed E-state index contributed by atoms with van der Waals surface area (Å²) in [5, 5.41) is 8.76. The molecule has 170 valence electrons. The second kappa shape index (κ2) is 10.6. The monoisotopic (exact) mass is 459 g/mol. The number of aromatic nitrogens is 1. The van der Waals surface area contributed by atoms with Crippen molar-refractivity contribution in [1.29, 1.82) is 0 Å². The predicted molar refractivity (Wildman–Crippen MR) is 135 cm³/mol. The van der Waals surface area contributed by atoms with E-state index in [0.717, 1.165) is 47.5 Å². The minimum Gasteiger partial charge on any atom is -0.352 e. The zero-order valence-electron chi connectivity index (χ0n) is 18.8. The third kappa shape index (κ3) is 5.57. The molecule has 3 aromatic rings. The van der Waals surface area contributed by atoms with Crippen molar-refractivity contribution in [2.24, 2.45) is 5.92 Å². The number of thiazole rings is 1. The topological polar surface area (TPSA) is 71.1 Å². The first-order chi connectivity index (χ1) is 16.0. The number of anilines is 1. The number of hydrogen-bond acceptors (Lipinski definition) is 4. The molecule has 1 aliphatic rings. The normalized spacial score (nSPS) is 17.8. The molecule has 0 saturated heterocycles. The fraction of sp³-hybridized carbons (Fsp3) is 0.296. The molecule has 2 amide bonds. The Bertz CT molecular complexity index is 1130. The molecule has 0 spiro atoms. The van der Waals surface area contributed by atoms with Gasteiger partial charge in [-0.15, -0.1) is 17.9 Å². The number of carbonyl (C=O) groups is 2. The van der Waals surface area contributed by atoms with Crippen molar-refractivity contribution in [2.75, 3.05) is 11.9 Å². The van der Waals surface area contributed by atoms with E-state index in [0.29, 0.717) is 18.2 Å². The molecule has 2 N–H and O–H groups in total. The van der Waals surface area contributed by atoms with E-state index in [4.69, 9.17) is 0 Å². The maximum atomic E-state index is 13.0. The van der Waals surface area contributed by atoms with Gasteiger partial charge in [0.1, 0.15) is 5.69 Å². The first-order valence-electron chi connectivity index (χ1n) is 11.4. The highest BCUT2D eigenvalue weighted by atomic mass is 32.1. The molecule has 1 aliphatic carbocycles. The van der Waals surface area contributed by atoms with Gasteiger partial charge in [0.25, 0.3) is 5.91 Å². The molecule has 0 atom stereocenters. The van der Waals surface area contributed by atoms with Crippen LogP contribution in [-0.2, 0) is 4.79 Å². The minimum atomic E-state index is -0.199. The van der Waals surface area contributed by atoms with Crippen LogP contribution in [0.5, 0.6) is 0 Å². The number of hydrogen-bond donors (Lipinski definition) is 2. The summed E-state index contributed by atoms with van der Waals surface area (Å²) >= 11 is 1.53. The Morgan fingerprint density at radius 3 is 2.55 bits per heavy atom. The van der Waals surface area contributed by atoms with Crippen molar-refractivity contribution in [3.8, 4) is 11.1 Å². The molecule has 1 aromatic heterocycles. The molecular formula is C27H29N3O2S. The van der Waals surface area contributed by atoms with E-state index in [2.05, 4.69) is 53.4 Å². The van der Waals surface area contributed by atoms with Crippen LogP contribution in [0.15, 0.2) is 66.6 Å². The molecule has 1 heterocycles. The summed E-state index contributed by atoms with van der Waals surface area (Å²) in [6, 6.07) is 16.1. The average molecular weight is 460 g/mol. The van der Waals surface area contributed by atoms with Gasteiger partial charge in [-0.05, 0) is 44.2 Å². The van der Waals surface area contributed by atoms with Gasteiger partial charge in [-0.1, -0.05) is 54.1 Å². The first kappa shape index (κ1) is 22.9. The predicted octanol–water partition coefficient (Wildman–Crippen LogP) is 5.95. The van der Waals surface area contributed by atoms with Crippen LogP contribution in [0.4, 0.5) is 5.69 Å². The zero-order chi connectivity index (χ0) is 23.2. The molecule has 0 radical (unpaired) electrons. The second-order valence-corrected chi connectivity index (χ2v) is 9.41. The summed E-state index contributed by atoms with van der Waals surface area (Å²) in [4.78, 5) is 29.8. The summed E-state index contributed by atoms with van der Waals surface area (Å²) in [5.74, 6) is 0.274. The third-order valence-corrected chi connectivity index (χ3v) is 7.17. The Labute approximate surface area is 199 Å². The lowest BCUT2D eigenvalue weighted by Gasteiger charge is -2.26. The quantitative estimate of drug-likeness (QED) is 0.429. The lowest BCUT2D eigenvalue weighted by atomic mass is 9.82. The lowest BCUT2D eigenvalue weighted by molar-refractivity contribution is -0.125. The van der Waals surface area contributed by atoms with Gasteiger partial charge < -0.3 is 10.6 Å². The summed E-state index contributed by atoms with van der Waals surface area (Å²) in [5.41, 5.74) is 4.45. The number of nitrogens with one attached hydrogen (secondary N) is 2. The smallest absolute Gasteiger partial charge is 0.275 e. The van der Waals surface area contributed by atoms with E-state index in [9.17, 15) is 9.59 Å². The Hall–Kier alpha value is -3.25. The number of nitrogens with zero attached hydrogens (tertiary/aromatic N) is 1. The van der Waals surface area contributed by atoms with E-state index >= 15 is 0 Å². The highest BCUT2D eigenvalue weighted by molar-refractivity contribution is 7.10. The first-order valence-corrected chi connectivity index (χ1v) is 12.2. The summed E-state index contributed by atoms with van der Waals surface area (Å²) in [6.07, 6.45) is 5.22. The molecule has 0 aliphatic heterocycles. The maximum absolute atomic E-state index is 13.0. The fourth-order valence-corrected chi connectivity index (χ4v) is 5.23. The van der Waals surface area contributed by atoms with E-state index in [1.165, 1.54) is 16.9 Å². The van der Waals surface area contributed by atoms with Crippen LogP contribution in [0.3, 0.4) is 0 Å². The highest BCUT2D eigenvalue weighted by Crippen LogP contribution is 2.37. The maximum Gasteiger partial charge on any atom is 0.275 e. The Kier molecular flexibility index (Phi) is 7.35. The largest absolute Gasteiger partial charge is 0.352 e. The van der Waals surface area contributed by atoms with Crippen LogP contribution in [-0.4, -0.2) is 23.3 Å². The number of carbonyl (C=O) groups excluding carboxylic acids is 2. The van der Waals surface area contributed by atoms with Gasteiger partial charge in [0, 0.05) is 35.0 Å². The standard InChI is InChI=1S/C27H29N3O2S/c1-3-16-28-25(31)20-12-14-21(15-13-20)27-30-24(17-33-27)26(32)29-23-7-5-4-6-22(23)19-10-8-18(2)9-11-19/h3-11,17,20-21H,1,12-16H2,2H3,(H,28,31)(H,29,32). The van der Waals surface area contributed by atoms with Crippen LogP contribution in [0.2, 0.25) is 0 Å². The van der Waals surface area contributed by atoms with Crippen molar-refractivity contribution in [3.63, 3.8) is 0 Å². The summed E-state index contributed by atoms with van der Waals surface area (Å²) < 4.78 is 0. The molecule has 1 fully saturated rings. The van der Waals surface area contributed by atoms with Gasteiger partial charge in [0.15, 0.2) is 0 Å². The molecule has 0 unspecified atom stereocenters. The van der Waals surface area contributed by atoms with Crippen LogP contribution in [0.1, 0.15) is 52.7 Å². The van der Waals surface area contributed by atoms with Crippen molar-refractivity contribution in [2.45, 2.75) is 38.5 Å².